The van der Waals surface area contributed by atoms with E-state index in [9.17, 15) is 9.59 Å². The predicted octanol–water partition coefficient (Wildman–Crippen LogP) is 2.74. The van der Waals surface area contributed by atoms with Gasteiger partial charge >= 0.3 is 0 Å². The molecule has 0 bridgehead atoms. The maximum atomic E-state index is 12.9. The van der Waals surface area contributed by atoms with Gasteiger partial charge in [0.25, 0.3) is 11.8 Å². The molecule has 0 aliphatic carbocycles. The Morgan fingerprint density at radius 2 is 1.69 bits per heavy atom. The largest absolute Gasteiger partial charge is 0.496 e. The summed E-state index contributed by atoms with van der Waals surface area (Å²) in [7, 11) is 1.64. The van der Waals surface area contributed by atoms with E-state index in [-0.39, 0.29) is 17.7 Å². The van der Waals surface area contributed by atoms with Crippen LogP contribution in [0.15, 0.2) is 36.5 Å². The first-order valence-corrected chi connectivity index (χ1v) is 8.91. The van der Waals surface area contributed by atoms with E-state index in [2.05, 4.69) is 18.8 Å². The number of ether oxygens (including phenoxy) is 1. The van der Waals surface area contributed by atoms with Gasteiger partial charge in [0, 0.05) is 37.9 Å². The summed E-state index contributed by atoms with van der Waals surface area (Å²) in [5.41, 5.74) is 2.28. The van der Waals surface area contributed by atoms with E-state index in [4.69, 9.17) is 4.74 Å². The second-order valence-electron chi connectivity index (χ2n) is 6.78. The van der Waals surface area contributed by atoms with Gasteiger partial charge in [-0.25, -0.2) is 0 Å². The molecule has 1 aromatic heterocycles. The molecular weight excluding hydrogens is 330 g/mol. The zero-order valence-corrected chi connectivity index (χ0v) is 15.5. The Kier molecular flexibility index (Phi) is 5.30. The lowest BCUT2D eigenvalue weighted by molar-refractivity contribution is 0.0532. The molecule has 2 amide bonds. The van der Waals surface area contributed by atoms with Gasteiger partial charge in [-0.15, -0.1) is 0 Å². The molecule has 0 atom stereocenters. The van der Waals surface area contributed by atoms with Gasteiger partial charge in [-0.05, 0) is 41.8 Å². The highest BCUT2D eigenvalue weighted by molar-refractivity contribution is 5.95. The number of piperazine rings is 1. The fourth-order valence-electron chi connectivity index (χ4n) is 3.25. The number of carbonyl (C=O) groups excluding carboxylic acids is 2. The first kappa shape index (κ1) is 18.0. The van der Waals surface area contributed by atoms with Crippen LogP contribution in [0.4, 0.5) is 0 Å². The minimum absolute atomic E-state index is 0.00141. The van der Waals surface area contributed by atoms with Crippen LogP contribution in [0.3, 0.4) is 0 Å². The molecule has 2 aromatic rings. The van der Waals surface area contributed by atoms with Crippen molar-refractivity contribution in [1.82, 2.24) is 14.8 Å². The lowest BCUT2D eigenvalue weighted by Crippen LogP contribution is -2.50. The molecule has 1 aliphatic rings. The van der Waals surface area contributed by atoms with Crippen molar-refractivity contribution in [3.8, 4) is 5.75 Å². The fourth-order valence-corrected chi connectivity index (χ4v) is 3.25. The van der Waals surface area contributed by atoms with Crippen LogP contribution < -0.4 is 4.74 Å². The molecule has 1 aliphatic heterocycles. The van der Waals surface area contributed by atoms with Crippen LogP contribution in [0, 0.1) is 0 Å². The summed E-state index contributed by atoms with van der Waals surface area (Å²) in [5.74, 6) is 1.06. The van der Waals surface area contributed by atoms with Crippen molar-refractivity contribution in [3.63, 3.8) is 0 Å². The number of carbonyl (C=O) groups is 2. The molecule has 0 unspecified atom stereocenters. The molecule has 6 nitrogen and oxygen atoms in total. The van der Waals surface area contributed by atoms with E-state index in [0.29, 0.717) is 37.4 Å². The summed E-state index contributed by atoms with van der Waals surface area (Å²) in [6.45, 7) is 6.31. The summed E-state index contributed by atoms with van der Waals surface area (Å²) in [4.78, 5) is 31.8. The zero-order valence-electron chi connectivity index (χ0n) is 15.5. The van der Waals surface area contributed by atoms with Crippen molar-refractivity contribution in [3.05, 3.63) is 53.3 Å². The lowest BCUT2D eigenvalue weighted by atomic mass is 9.99. The number of nitrogens with zero attached hydrogens (tertiary/aromatic N) is 2. The van der Waals surface area contributed by atoms with Gasteiger partial charge in [0.2, 0.25) is 0 Å². The minimum atomic E-state index is -0.0198. The summed E-state index contributed by atoms with van der Waals surface area (Å²) < 4.78 is 5.39. The number of hydrogen-bond acceptors (Lipinski definition) is 3. The number of benzene rings is 1. The fraction of sp³-hybridized carbons (Fsp3) is 0.400. The first-order chi connectivity index (χ1) is 12.5. The van der Waals surface area contributed by atoms with Crippen molar-refractivity contribution < 1.29 is 14.3 Å². The highest BCUT2D eigenvalue weighted by Crippen LogP contribution is 2.28. The molecule has 2 heterocycles. The summed E-state index contributed by atoms with van der Waals surface area (Å²) in [6, 6.07) is 9.16. The van der Waals surface area contributed by atoms with Crippen molar-refractivity contribution >= 4 is 11.8 Å². The Hall–Kier alpha value is -2.76. The molecule has 1 N–H and O–H groups in total. The van der Waals surface area contributed by atoms with E-state index < -0.39 is 0 Å². The smallest absolute Gasteiger partial charge is 0.270 e. The predicted molar refractivity (Wildman–Crippen MR) is 99.7 cm³/mol. The Labute approximate surface area is 153 Å². The molecule has 3 rings (SSSR count). The van der Waals surface area contributed by atoms with Crippen molar-refractivity contribution in [2.75, 3.05) is 33.3 Å². The van der Waals surface area contributed by atoms with Gasteiger partial charge < -0.3 is 19.5 Å². The van der Waals surface area contributed by atoms with Crippen molar-refractivity contribution in [2.24, 2.45) is 0 Å². The number of aromatic amines is 1. The third kappa shape index (κ3) is 3.59. The van der Waals surface area contributed by atoms with Crippen LogP contribution in [-0.2, 0) is 0 Å². The third-order valence-electron chi connectivity index (χ3n) is 4.78. The second kappa shape index (κ2) is 7.64. The molecule has 1 aromatic carbocycles. The van der Waals surface area contributed by atoms with Gasteiger partial charge in [-0.2, -0.15) is 0 Å². The number of H-pyrrole nitrogens is 1. The molecule has 1 fully saturated rings. The molecule has 138 valence electrons. The van der Waals surface area contributed by atoms with Gasteiger partial charge in [0.05, 0.1) is 7.11 Å². The molecule has 6 heteroatoms. The number of hydrogen-bond donors (Lipinski definition) is 1. The molecule has 0 spiro atoms. The van der Waals surface area contributed by atoms with Crippen molar-refractivity contribution in [2.45, 2.75) is 19.8 Å². The van der Waals surface area contributed by atoms with E-state index in [1.165, 1.54) is 0 Å². The Morgan fingerprint density at radius 3 is 2.23 bits per heavy atom. The first-order valence-electron chi connectivity index (χ1n) is 8.91. The van der Waals surface area contributed by atoms with E-state index in [0.717, 1.165) is 11.3 Å². The molecule has 0 radical (unpaired) electrons. The van der Waals surface area contributed by atoms with Crippen LogP contribution in [0.1, 0.15) is 46.2 Å². The van der Waals surface area contributed by atoms with E-state index >= 15 is 0 Å². The maximum Gasteiger partial charge on any atom is 0.270 e. The standard InChI is InChI=1S/C20H25N3O3/c1-14(2)16-13-15(6-7-18(16)26-3)19(24)22-9-11-23(12-10-22)20(25)17-5-4-8-21-17/h4-8,13-14,21H,9-12H2,1-3H3. The zero-order chi connectivity index (χ0) is 18.7. The van der Waals surface area contributed by atoms with Gasteiger partial charge in [0.15, 0.2) is 0 Å². The van der Waals surface area contributed by atoms with Crippen LogP contribution in [0.2, 0.25) is 0 Å². The summed E-state index contributed by atoms with van der Waals surface area (Å²) >= 11 is 0. The lowest BCUT2D eigenvalue weighted by Gasteiger charge is -2.34. The maximum absolute atomic E-state index is 12.9. The Morgan fingerprint density at radius 1 is 1.04 bits per heavy atom. The quantitative estimate of drug-likeness (QED) is 0.917. The highest BCUT2D eigenvalue weighted by Gasteiger charge is 2.26. The minimum Gasteiger partial charge on any atom is -0.496 e. The molecule has 0 saturated carbocycles. The van der Waals surface area contributed by atoms with E-state index in [1.807, 2.05) is 29.2 Å². The normalized spacial score (nSPS) is 14.6. The van der Waals surface area contributed by atoms with E-state index in [1.54, 1.807) is 24.3 Å². The number of amides is 2. The number of aromatic nitrogens is 1. The van der Waals surface area contributed by atoms with Crippen LogP contribution in [0.25, 0.3) is 0 Å². The van der Waals surface area contributed by atoms with Crippen molar-refractivity contribution in [1.29, 1.82) is 0 Å². The second-order valence-corrected chi connectivity index (χ2v) is 6.78. The van der Waals surface area contributed by atoms with Gasteiger partial charge in [-0.1, -0.05) is 13.8 Å². The van der Waals surface area contributed by atoms with Crippen LogP contribution in [0.5, 0.6) is 5.75 Å². The monoisotopic (exact) mass is 355 g/mol. The Balaban J connectivity index is 1.67. The summed E-state index contributed by atoms with van der Waals surface area (Å²) in [6.07, 6.45) is 1.74. The average molecular weight is 355 g/mol. The Bertz CT molecular complexity index is 776. The average Bonchev–Trinajstić information content (AvgIpc) is 3.21. The third-order valence-corrected chi connectivity index (χ3v) is 4.78. The molecular formula is C20H25N3O3. The van der Waals surface area contributed by atoms with Gasteiger partial charge in [0.1, 0.15) is 11.4 Å². The molecule has 26 heavy (non-hydrogen) atoms. The summed E-state index contributed by atoms with van der Waals surface area (Å²) in [5, 5.41) is 0. The SMILES string of the molecule is COc1ccc(C(=O)N2CCN(C(=O)c3ccc[nH]3)CC2)cc1C(C)C. The molecule has 1 saturated heterocycles. The topological polar surface area (TPSA) is 65.6 Å². The highest BCUT2D eigenvalue weighted by atomic mass is 16.5. The number of rotatable bonds is 4. The van der Waals surface area contributed by atoms with Crippen LogP contribution in [-0.4, -0.2) is 59.9 Å². The number of nitrogens with one attached hydrogen (secondary N) is 1. The number of methoxy groups -OCH3 is 1. The van der Waals surface area contributed by atoms with Gasteiger partial charge in [-0.3, -0.25) is 9.59 Å². The van der Waals surface area contributed by atoms with Crippen LogP contribution >= 0.6 is 0 Å².